The summed E-state index contributed by atoms with van der Waals surface area (Å²) in [6.45, 7) is 2.02. The molecule has 0 aliphatic heterocycles. The number of hydrogen-bond acceptors (Lipinski definition) is 3. The fourth-order valence-corrected chi connectivity index (χ4v) is 5.50. The van der Waals surface area contributed by atoms with E-state index in [0.29, 0.717) is 24.5 Å². The number of aliphatic hydroxyl groups is 2. The van der Waals surface area contributed by atoms with Gasteiger partial charge in [0.15, 0.2) is 0 Å². The molecule has 4 rings (SSSR count). The molecule has 0 amide bonds. The molecular weight excluding hydrogens is 276 g/mol. The molecule has 0 saturated heterocycles. The highest BCUT2D eigenvalue weighted by atomic mass is 16.3. The second-order valence-corrected chi connectivity index (χ2v) is 8.25. The predicted octanol–water partition coefficient (Wildman–Crippen LogP) is 2.15. The highest BCUT2D eigenvalue weighted by molar-refractivity contribution is 5.91. The summed E-state index contributed by atoms with van der Waals surface area (Å²) >= 11 is 0. The molecule has 0 heterocycles. The summed E-state index contributed by atoms with van der Waals surface area (Å²) in [5, 5.41) is 20.4. The molecule has 0 radical (unpaired) electrons. The van der Waals surface area contributed by atoms with Crippen molar-refractivity contribution < 1.29 is 15.0 Å². The lowest BCUT2D eigenvalue weighted by molar-refractivity contribution is -0.156. The first-order valence-electron chi connectivity index (χ1n) is 8.91. The van der Waals surface area contributed by atoms with Crippen LogP contribution in [0.25, 0.3) is 0 Å². The Balaban J connectivity index is 1.39. The van der Waals surface area contributed by atoms with Crippen molar-refractivity contribution in [2.24, 2.45) is 35.0 Å². The number of carbonyl (C=O) groups excluding carboxylic acids is 1. The Morgan fingerprint density at radius 1 is 1.32 bits per heavy atom. The highest BCUT2D eigenvalue weighted by Gasteiger charge is 2.57. The molecule has 4 aliphatic carbocycles. The van der Waals surface area contributed by atoms with Gasteiger partial charge in [0.2, 0.25) is 0 Å². The zero-order chi connectivity index (χ0) is 15.5. The number of Topliss-reactive ketones (excluding diaryl/α,β-unsaturated/α-hetero) is 1. The van der Waals surface area contributed by atoms with Crippen LogP contribution in [0.3, 0.4) is 0 Å². The van der Waals surface area contributed by atoms with Crippen molar-refractivity contribution in [2.75, 3.05) is 0 Å². The zero-order valence-corrected chi connectivity index (χ0v) is 13.3. The van der Waals surface area contributed by atoms with Crippen LogP contribution in [-0.2, 0) is 4.79 Å². The summed E-state index contributed by atoms with van der Waals surface area (Å²) in [5.41, 5.74) is -0.267. The molecule has 2 N–H and O–H groups in total. The smallest absolute Gasteiger partial charge is 0.139 e. The quantitative estimate of drug-likeness (QED) is 0.769. The molecule has 0 aromatic carbocycles. The van der Waals surface area contributed by atoms with Crippen molar-refractivity contribution in [1.29, 1.82) is 0 Å². The summed E-state index contributed by atoms with van der Waals surface area (Å²) in [4.78, 5) is 11.9. The second-order valence-electron chi connectivity index (χ2n) is 8.25. The molecule has 0 aromatic heterocycles. The lowest BCUT2D eigenvalue weighted by Gasteiger charge is -2.52. The fourth-order valence-electron chi connectivity index (χ4n) is 5.50. The third kappa shape index (κ3) is 2.15. The molecule has 22 heavy (non-hydrogen) atoms. The number of ketones is 1. The van der Waals surface area contributed by atoms with Gasteiger partial charge in [-0.1, -0.05) is 25.2 Å². The van der Waals surface area contributed by atoms with Gasteiger partial charge in [0.1, 0.15) is 11.9 Å². The van der Waals surface area contributed by atoms with Crippen molar-refractivity contribution in [3.63, 3.8) is 0 Å². The van der Waals surface area contributed by atoms with Crippen molar-refractivity contribution >= 4 is 5.78 Å². The van der Waals surface area contributed by atoms with Crippen LogP contribution in [0.1, 0.15) is 51.9 Å². The molecule has 4 aliphatic rings. The van der Waals surface area contributed by atoms with E-state index in [2.05, 4.69) is 11.8 Å². The van der Waals surface area contributed by atoms with Gasteiger partial charge in [-0.25, -0.2) is 0 Å². The topological polar surface area (TPSA) is 57.5 Å². The SMILES string of the molecule is C[C@@]12CC[C@H](O)[C@@H](C#C[C@@H](O)CC3C4CCCC43)[C@@H]1CC2=O. The molecule has 0 spiro atoms. The minimum atomic E-state index is -0.563. The number of carbonyl (C=O) groups is 1. The van der Waals surface area contributed by atoms with Gasteiger partial charge in [-0.3, -0.25) is 4.79 Å². The average Bonchev–Trinajstić information content (AvgIpc) is 2.93. The Morgan fingerprint density at radius 2 is 2.05 bits per heavy atom. The number of fused-ring (bicyclic) bond motifs is 2. The Bertz CT molecular complexity index is 535. The van der Waals surface area contributed by atoms with Gasteiger partial charge in [-0.15, -0.1) is 0 Å². The first kappa shape index (κ1) is 14.7. The summed E-state index contributed by atoms with van der Waals surface area (Å²) in [7, 11) is 0. The van der Waals surface area contributed by atoms with Gasteiger partial charge >= 0.3 is 0 Å². The van der Waals surface area contributed by atoms with Crippen LogP contribution in [0.2, 0.25) is 0 Å². The molecule has 120 valence electrons. The maximum atomic E-state index is 11.9. The van der Waals surface area contributed by atoms with Crippen LogP contribution in [0.15, 0.2) is 0 Å². The van der Waals surface area contributed by atoms with Gasteiger partial charge in [0.05, 0.1) is 12.0 Å². The molecule has 0 aromatic rings. The first-order chi connectivity index (χ1) is 10.5. The van der Waals surface area contributed by atoms with Crippen molar-refractivity contribution in [3.8, 4) is 11.8 Å². The zero-order valence-electron chi connectivity index (χ0n) is 13.3. The van der Waals surface area contributed by atoms with Crippen LogP contribution in [0.4, 0.5) is 0 Å². The molecule has 0 bridgehead atoms. The standard InChI is InChI=1S/C19H26O3/c1-19-8-7-17(21)14(16(19)10-18(19)22)6-5-11(20)9-15-12-3-2-4-13(12)15/h11-17,20-21H,2-4,7-10H2,1H3/t11-,12?,13?,14+,15?,16+,17+,19-/m1/s1. The molecule has 4 fully saturated rings. The van der Waals surface area contributed by atoms with E-state index in [1.165, 1.54) is 19.3 Å². The average molecular weight is 302 g/mol. The van der Waals surface area contributed by atoms with E-state index in [1.807, 2.05) is 6.92 Å². The first-order valence-corrected chi connectivity index (χ1v) is 8.91. The normalized spacial score (nSPS) is 50.2. The van der Waals surface area contributed by atoms with E-state index < -0.39 is 12.2 Å². The fraction of sp³-hybridized carbons (Fsp3) is 0.842. The van der Waals surface area contributed by atoms with Gasteiger partial charge in [0.25, 0.3) is 0 Å². The Labute approximate surface area is 132 Å². The molecule has 2 unspecified atom stereocenters. The van der Waals surface area contributed by atoms with Crippen LogP contribution >= 0.6 is 0 Å². The van der Waals surface area contributed by atoms with Gasteiger partial charge in [-0.2, -0.15) is 0 Å². The molecule has 7 atom stereocenters. The van der Waals surface area contributed by atoms with E-state index in [9.17, 15) is 15.0 Å². The van der Waals surface area contributed by atoms with Gasteiger partial charge in [-0.05, 0) is 55.8 Å². The van der Waals surface area contributed by atoms with Crippen molar-refractivity contribution in [1.82, 2.24) is 0 Å². The lowest BCUT2D eigenvalue weighted by Crippen LogP contribution is -2.56. The number of rotatable bonds is 2. The Kier molecular flexibility index (Phi) is 3.40. The van der Waals surface area contributed by atoms with Crippen LogP contribution in [0, 0.1) is 46.8 Å². The lowest BCUT2D eigenvalue weighted by atomic mass is 9.50. The highest BCUT2D eigenvalue weighted by Crippen LogP contribution is 2.59. The molecular formula is C19H26O3. The Hall–Kier alpha value is -0.850. The summed E-state index contributed by atoms with van der Waals surface area (Å²) in [5.74, 6) is 8.90. The molecule has 3 nitrogen and oxygen atoms in total. The molecule has 4 saturated carbocycles. The van der Waals surface area contributed by atoms with Crippen LogP contribution in [-0.4, -0.2) is 28.2 Å². The minimum absolute atomic E-state index is 0.134. The van der Waals surface area contributed by atoms with E-state index >= 15 is 0 Å². The third-order valence-electron chi connectivity index (χ3n) is 7.16. The maximum Gasteiger partial charge on any atom is 0.139 e. The van der Waals surface area contributed by atoms with Crippen LogP contribution in [0.5, 0.6) is 0 Å². The third-order valence-corrected chi connectivity index (χ3v) is 7.16. The number of aliphatic hydroxyl groups excluding tert-OH is 2. The van der Waals surface area contributed by atoms with E-state index in [1.54, 1.807) is 0 Å². The summed E-state index contributed by atoms with van der Waals surface area (Å²) in [6.07, 6.45) is 5.81. The second kappa shape index (κ2) is 5.08. The molecule has 3 heteroatoms. The van der Waals surface area contributed by atoms with E-state index in [-0.39, 0.29) is 17.3 Å². The van der Waals surface area contributed by atoms with Gasteiger partial charge in [0, 0.05) is 11.8 Å². The summed E-state index contributed by atoms with van der Waals surface area (Å²) < 4.78 is 0. The number of hydrogen-bond donors (Lipinski definition) is 2. The predicted molar refractivity (Wildman–Crippen MR) is 82.7 cm³/mol. The van der Waals surface area contributed by atoms with E-state index in [4.69, 9.17) is 0 Å². The Morgan fingerprint density at radius 3 is 2.73 bits per heavy atom. The summed E-state index contributed by atoms with van der Waals surface area (Å²) in [6, 6.07) is 0. The van der Waals surface area contributed by atoms with Gasteiger partial charge < -0.3 is 10.2 Å². The maximum absolute atomic E-state index is 11.9. The van der Waals surface area contributed by atoms with Crippen molar-refractivity contribution in [2.45, 2.75) is 64.1 Å². The minimum Gasteiger partial charge on any atom is -0.392 e. The largest absolute Gasteiger partial charge is 0.392 e. The van der Waals surface area contributed by atoms with Crippen molar-refractivity contribution in [3.05, 3.63) is 0 Å². The van der Waals surface area contributed by atoms with Crippen LogP contribution < -0.4 is 0 Å². The monoisotopic (exact) mass is 302 g/mol. The van der Waals surface area contributed by atoms with E-state index in [0.717, 1.165) is 24.7 Å².